The zero-order valence-electron chi connectivity index (χ0n) is 16.0. The van der Waals surface area contributed by atoms with Crippen molar-refractivity contribution in [2.75, 3.05) is 19.1 Å². The van der Waals surface area contributed by atoms with Crippen molar-refractivity contribution in [3.05, 3.63) is 65.9 Å². The molecular weight excluding hydrogens is 370 g/mol. The fourth-order valence-electron chi connectivity index (χ4n) is 3.07. The molecule has 29 heavy (non-hydrogen) atoms. The average molecular weight is 389 g/mol. The third-order valence-corrected chi connectivity index (χ3v) is 4.54. The van der Waals surface area contributed by atoms with Gasteiger partial charge in [0.05, 0.1) is 7.11 Å². The number of aliphatic carboxylic acids is 1. The van der Waals surface area contributed by atoms with Crippen LogP contribution in [0.4, 0.5) is 5.69 Å². The third-order valence-electron chi connectivity index (χ3n) is 4.54. The summed E-state index contributed by atoms with van der Waals surface area (Å²) >= 11 is 0. The molecule has 1 heterocycles. The fourth-order valence-corrected chi connectivity index (χ4v) is 3.07. The molecule has 3 aromatic rings. The van der Waals surface area contributed by atoms with E-state index in [2.05, 4.69) is 0 Å². The van der Waals surface area contributed by atoms with E-state index in [1.54, 1.807) is 55.3 Å². The van der Waals surface area contributed by atoms with Crippen LogP contribution in [0, 0.1) is 11.3 Å². The molecule has 0 aliphatic rings. The van der Waals surface area contributed by atoms with E-state index < -0.39 is 11.9 Å². The number of amides is 1. The summed E-state index contributed by atoms with van der Waals surface area (Å²) in [5, 5.41) is 19.5. The number of anilines is 1. The highest BCUT2D eigenvalue weighted by molar-refractivity contribution is 6.11. The zero-order valence-corrected chi connectivity index (χ0v) is 16.0. The molecule has 7 nitrogen and oxygen atoms in total. The minimum absolute atomic E-state index is 0.0541. The maximum Gasteiger partial charge on any atom is 0.323 e. The monoisotopic (exact) mass is 389 g/mol. The van der Waals surface area contributed by atoms with E-state index in [-0.39, 0.29) is 12.1 Å². The number of rotatable bonds is 6. The smallest absolute Gasteiger partial charge is 0.323 e. The molecule has 3 rings (SSSR count). The van der Waals surface area contributed by atoms with Gasteiger partial charge in [-0.05, 0) is 36.4 Å². The molecular formula is C22H19N3O4. The first-order valence-electron chi connectivity index (χ1n) is 8.78. The van der Waals surface area contributed by atoms with E-state index in [0.29, 0.717) is 17.0 Å². The van der Waals surface area contributed by atoms with Crippen molar-refractivity contribution in [1.29, 1.82) is 5.26 Å². The molecule has 0 aliphatic carbocycles. The topological polar surface area (TPSA) is 95.6 Å². The first-order chi connectivity index (χ1) is 13.9. The van der Waals surface area contributed by atoms with Gasteiger partial charge < -0.3 is 19.3 Å². The van der Waals surface area contributed by atoms with Crippen LogP contribution >= 0.6 is 0 Å². The van der Waals surface area contributed by atoms with Crippen molar-refractivity contribution < 1.29 is 19.4 Å². The van der Waals surface area contributed by atoms with E-state index in [1.165, 1.54) is 11.0 Å². The highest BCUT2D eigenvalue weighted by Gasteiger charge is 2.18. The predicted octanol–water partition coefficient (Wildman–Crippen LogP) is 3.30. The number of para-hydroxylation sites is 1. The van der Waals surface area contributed by atoms with Crippen molar-refractivity contribution >= 4 is 34.5 Å². The number of ether oxygens (including phenoxy) is 1. The first kappa shape index (κ1) is 19.7. The number of hydrogen-bond donors (Lipinski definition) is 1. The van der Waals surface area contributed by atoms with Crippen molar-refractivity contribution in [2.24, 2.45) is 0 Å². The summed E-state index contributed by atoms with van der Waals surface area (Å²) in [5.41, 5.74) is 1.89. The number of methoxy groups -OCH3 is 1. The molecule has 1 aromatic heterocycles. The summed E-state index contributed by atoms with van der Waals surface area (Å²) < 4.78 is 6.70. The van der Waals surface area contributed by atoms with Crippen LogP contribution in [0.5, 0.6) is 5.75 Å². The van der Waals surface area contributed by atoms with Gasteiger partial charge in [0.15, 0.2) is 0 Å². The molecule has 2 aromatic carbocycles. The van der Waals surface area contributed by atoms with Gasteiger partial charge >= 0.3 is 5.97 Å². The zero-order chi connectivity index (χ0) is 21.0. The largest absolute Gasteiger partial charge is 0.497 e. The lowest BCUT2D eigenvalue weighted by molar-refractivity contribution is -0.137. The summed E-state index contributed by atoms with van der Waals surface area (Å²) in [6, 6.07) is 16.1. The number of carboxylic acid groups (broad SMARTS) is 1. The van der Waals surface area contributed by atoms with E-state index in [4.69, 9.17) is 9.84 Å². The second kappa shape index (κ2) is 8.31. The second-order valence-electron chi connectivity index (χ2n) is 6.36. The predicted molar refractivity (Wildman–Crippen MR) is 110 cm³/mol. The Hall–Kier alpha value is -4.05. The summed E-state index contributed by atoms with van der Waals surface area (Å²) in [6.45, 7) is -0.212. The third kappa shape index (κ3) is 4.12. The van der Waals surface area contributed by atoms with E-state index in [9.17, 15) is 14.9 Å². The van der Waals surface area contributed by atoms with Crippen LogP contribution < -0.4 is 9.64 Å². The number of benzene rings is 2. The van der Waals surface area contributed by atoms with Gasteiger partial charge in [-0.3, -0.25) is 9.59 Å². The van der Waals surface area contributed by atoms with Crippen LogP contribution in [0.1, 0.15) is 5.56 Å². The Morgan fingerprint density at radius 2 is 1.90 bits per heavy atom. The Morgan fingerprint density at radius 3 is 2.52 bits per heavy atom. The van der Waals surface area contributed by atoms with Crippen LogP contribution in [0.15, 0.2) is 60.3 Å². The lowest BCUT2D eigenvalue weighted by atomic mass is 10.1. The van der Waals surface area contributed by atoms with Crippen molar-refractivity contribution in [3.63, 3.8) is 0 Å². The lowest BCUT2D eigenvalue weighted by Gasteiger charge is -2.17. The number of nitriles is 1. The van der Waals surface area contributed by atoms with Gasteiger partial charge in [-0.15, -0.1) is 0 Å². The van der Waals surface area contributed by atoms with Gasteiger partial charge in [0.2, 0.25) is 0 Å². The van der Waals surface area contributed by atoms with Crippen molar-refractivity contribution in [2.45, 2.75) is 6.54 Å². The van der Waals surface area contributed by atoms with Crippen LogP contribution in [0.3, 0.4) is 0 Å². The molecule has 0 fully saturated rings. The summed E-state index contributed by atoms with van der Waals surface area (Å²) in [7, 11) is 3.14. The average Bonchev–Trinajstić information content (AvgIpc) is 3.07. The van der Waals surface area contributed by atoms with Gasteiger partial charge in [-0.2, -0.15) is 5.26 Å². The molecule has 1 amide bonds. The summed E-state index contributed by atoms with van der Waals surface area (Å²) in [6.07, 6.45) is 3.12. The lowest BCUT2D eigenvalue weighted by Crippen LogP contribution is -2.27. The second-order valence-corrected chi connectivity index (χ2v) is 6.36. The Kier molecular flexibility index (Phi) is 5.65. The molecule has 0 bridgehead atoms. The van der Waals surface area contributed by atoms with Gasteiger partial charge in [0.1, 0.15) is 23.9 Å². The van der Waals surface area contributed by atoms with Gasteiger partial charge in [0, 0.05) is 35.4 Å². The summed E-state index contributed by atoms with van der Waals surface area (Å²) in [4.78, 5) is 25.4. The number of fused-ring (bicyclic) bond motifs is 1. The van der Waals surface area contributed by atoms with Gasteiger partial charge in [0.25, 0.3) is 5.91 Å². The Morgan fingerprint density at radius 1 is 1.21 bits per heavy atom. The quantitative estimate of drug-likeness (QED) is 0.515. The molecule has 0 atom stereocenters. The van der Waals surface area contributed by atoms with Crippen molar-refractivity contribution in [3.8, 4) is 11.8 Å². The van der Waals surface area contributed by atoms with Gasteiger partial charge in [-0.25, -0.2) is 0 Å². The van der Waals surface area contributed by atoms with Crippen molar-refractivity contribution in [1.82, 2.24) is 4.57 Å². The SMILES string of the molecule is COc1ccc(N(C)C(=O)/C(C#N)=C/c2cn(CC(=O)O)c3ccccc23)cc1. The van der Waals surface area contributed by atoms with Gasteiger partial charge in [-0.1, -0.05) is 18.2 Å². The minimum atomic E-state index is -0.975. The first-order valence-corrected chi connectivity index (χ1v) is 8.78. The fraction of sp³-hybridized carbons (Fsp3) is 0.136. The molecule has 0 saturated carbocycles. The highest BCUT2D eigenvalue weighted by atomic mass is 16.5. The molecule has 146 valence electrons. The molecule has 0 spiro atoms. The Bertz CT molecular complexity index is 1140. The number of likely N-dealkylation sites (N-methyl/N-ethyl adjacent to an activating group) is 1. The molecule has 0 radical (unpaired) electrons. The molecule has 0 saturated heterocycles. The number of nitrogens with zero attached hydrogens (tertiary/aromatic N) is 3. The highest BCUT2D eigenvalue weighted by Crippen LogP contribution is 2.25. The molecule has 0 unspecified atom stereocenters. The molecule has 7 heteroatoms. The number of aromatic nitrogens is 1. The normalized spacial score (nSPS) is 11.1. The standard InChI is InChI=1S/C22H19N3O4/c1-24(17-7-9-18(29-2)10-8-17)22(28)15(12-23)11-16-13-25(14-21(26)27)20-6-4-3-5-19(16)20/h3-11,13H,14H2,1-2H3,(H,26,27)/b15-11+. The van der Waals surface area contributed by atoms with E-state index in [0.717, 1.165) is 10.9 Å². The van der Waals surface area contributed by atoms with E-state index >= 15 is 0 Å². The van der Waals surface area contributed by atoms with Crippen LogP contribution in [-0.4, -0.2) is 35.7 Å². The maximum absolute atomic E-state index is 12.9. The maximum atomic E-state index is 12.9. The molecule has 0 aliphatic heterocycles. The number of carbonyl (C=O) groups is 2. The molecule has 1 N–H and O–H groups in total. The van der Waals surface area contributed by atoms with E-state index in [1.807, 2.05) is 24.3 Å². The number of hydrogen-bond acceptors (Lipinski definition) is 4. The Balaban J connectivity index is 1.98. The number of carboxylic acids is 1. The number of carbonyl (C=O) groups excluding carboxylic acids is 1. The van der Waals surface area contributed by atoms with Crippen LogP contribution in [0.2, 0.25) is 0 Å². The minimum Gasteiger partial charge on any atom is -0.497 e. The summed E-state index contributed by atoms with van der Waals surface area (Å²) in [5.74, 6) is -0.776. The van der Waals surface area contributed by atoms with Crippen LogP contribution in [0.25, 0.3) is 17.0 Å². The Labute approximate surface area is 167 Å². The van der Waals surface area contributed by atoms with Crippen LogP contribution in [-0.2, 0) is 16.1 Å².